The van der Waals surface area contributed by atoms with Crippen LogP contribution in [0.1, 0.15) is 31.9 Å². The van der Waals surface area contributed by atoms with Crippen LogP contribution in [0.3, 0.4) is 0 Å². The maximum atomic E-state index is 13.0. The molecule has 0 aliphatic carbocycles. The first-order valence-corrected chi connectivity index (χ1v) is 5.29. The van der Waals surface area contributed by atoms with Gasteiger partial charge in [-0.25, -0.2) is 4.39 Å². The van der Waals surface area contributed by atoms with Crippen LogP contribution in [0.5, 0.6) is 0 Å². The van der Waals surface area contributed by atoms with E-state index in [1.807, 2.05) is 19.9 Å². The monoisotopic (exact) mass is 211 g/mol. The molecule has 0 radical (unpaired) electrons. The molecule has 0 saturated carbocycles. The molecule has 0 aromatic heterocycles. The van der Waals surface area contributed by atoms with E-state index in [0.29, 0.717) is 0 Å². The summed E-state index contributed by atoms with van der Waals surface area (Å²) in [5.41, 5.74) is 0.905. The fourth-order valence-corrected chi connectivity index (χ4v) is 1.53. The molecule has 0 aliphatic rings. The van der Waals surface area contributed by atoms with E-state index >= 15 is 0 Å². The van der Waals surface area contributed by atoms with E-state index in [1.165, 1.54) is 12.1 Å². The van der Waals surface area contributed by atoms with Crippen molar-refractivity contribution in [1.29, 1.82) is 0 Å². The molecular weight excluding hydrogens is 193 g/mol. The Bertz CT molecular complexity index is 299. The van der Waals surface area contributed by atoms with Gasteiger partial charge in [-0.1, -0.05) is 19.1 Å². The fraction of sp³-hybridized carbons (Fsp3) is 0.500. The van der Waals surface area contributed by atoms with Gasteiger partial charge in [-0.15, -0.1) is 0 Å². The Morgan fingerprint density at radius 2 is 2.20 bits per heavy atom. The van der Waals surface area contributed by atoms with E-state index in [2.05, 4.69) is 5.32 Å². The van der Waals surface area contributed by atoms with E-state index in [9.17, 15) is 4.39 Å². The zero-order valence-corrected chi connectivity index (χ0v) is 9.20. The molecule has 3 heteroatoms. The van der Waals surface area contributed by atoms with Gasteiger partial charge >= 0.3 is 0 Å². The van der Waals surface area contributed by atoms with Gasteiger partial charge in [0, 0.05) is 12.1 Å². The molecule has 0 aliphatic heterocycles. The third-order valence-electron chi connectivity index (χ3n) is 2.55. The predicted octanol–water partition coefficient (Wildman–Crippen LogP) is 2.25. The van der Waals surface area contributed by atoms with E-state index in [4.69, 9.17) is 5.11 Å². The third-order valence-corrected chi connectivity index (χ3v) is 2.55. The normalized spacial score (nSPS) is 14.9. The van der Waals surface area contributed by atoms with Gasteiger partial charge in [0.25, 0.3) is 0 Å². The highest BCUT2D eigenvalue weighted by atomic mass is 19.1. The van der Waals surface area contributed by atoms with Crippen LogP contribution in [-0.2, 0) is 0 Å². The van der Waals surface area contributed by atoms with Crippen LogP contribution in [0.2, 0.25) is 0 Å². The largest absolute Gasteiger partial charge is 0.395 e. The van der Waals surface area contributed by atoms with Crippen LogP contribution >= 0.6 is 0 Å². The van der Waals surface area contributed by atoms with Crippen molar-refractivity contribution in [2.75, 3.05) is 6.61 Å². The minimum Gasteiger partial charge on any atom is -0.395 e. The lowest BCUT2D eigenvalue weighted by Gasteiger charge is -2.20. The summed E-state index contributed by atoms with van der Waals surface area (Å²) in [5.74, 6) is -0.224. The van der Waals surface area contributed by atoms with Crippen molar-refractivity contribution >= 4 is 0 Å². The summed E-state index contributed by atoms with van der Waals surface area (Å²) in [6.45, 7) is 4.08. The van der Waals surface area contributed by atoms with E-state index in [0.717, 1.165) is 12.0 Å². The van der Waals surface area contributed by atoms with Crippen LogP contribution in [0.4, 0.5) is 4.39 Å². The van der Waals surface area contributed by atoms with Gasteiger partial charge in [-0.2, -0.15) is 0 Å². The van der Waals surface area contributed by atoms with Crippen LogP contribution < -0.4 is 5.32 Å². The van der Waals surface area contributed by atoms with Crippen molar-refractivity contribution in [3.8, 4) is 0 Å². The summed E-state index contributed by atoms with van der Waals surface area (Å²) in [6, 6.07) is 6.65. The highest BCUT2D eigenvalue weighted by Crippen LogP contribution is 2.14. The Hall–Kier alpha value is -0.930. The Morgan fingerprint density at radius 3 is 2.73 bits per heavy atom. The second kappa shape index (κ2) is 5.83. The lowest BCUT2D eigenvalue weighted by Crippen LogP contribution is -2.33. The lowest BCUT2D eigenvalue weighted by molar-refractivity contribution is 0.230. The third kappa shape index (κ3) is 3.61. The molecule has 0 heterocycles. The number of hydrogen-bond donors (Lipinski definition) is 2. The summed E-state index contributed by atoms with van der Waals surface area (Å²) in [6.07, 6.45) is 0.857. The number of benzene rings is 1. The van der Waals surface area contributed by atoms with Gasteiger partial charge in [0.2, 0.25) is 0 Å². The summed E-state index contributed by atoms with van der Waals surface area (Å²) < 4.78 is 13.0. The maximum Gasteiger partial charge on any atom is 0.123 e. The van der Waals surface area contributed by atoms with Crippen molar-refractivity contribution in [2.24, 2.45) is 0 Å². The zero-order chi connectivity index (χ0) is 11.3. The van der Waals surface area contributed by atoms with E-state index < -0.39 is 0 Å². The molecule has 84 valence electrons. The average Bonchev–Trinajstić information content (AvgIpc) is 2.25. The summed E-state index contributed by atoms with van der Waals surface area (Å²) >= 11 is 0. The van der Waals surface area contributed by atoms with Crippen molar-refractivity contribution in [3.05, 3.63) is 35.6 Å². The molecule has 1 aromatic carbocycles. The summed E-state index contributed by atoms with van der Waals surface area (Å²) in [7, 11) is 0. The van der Waals surface area contributed by atoms with Gasteiger partial charge in [0.1, 0.15) is 5.82 Å². The molecule has 1 aromatic rings. The SMILES string of the molecule is CC[C@H](CO)N[C@@H](C)c1cccc(F)c1. The van der Waals surface area contributed by atoms with Gasteiger partial charge in [-0.3, -0.25) is 0 Å². The predicted molar refractivity (Wildman–Crippen MR) is 59.1 cm³/mol. The van der Waals surface area contributed by atoms with Crippen LogP contribution in [0.25, 0.3) is 0 Å². The Kier molecular flexibility index (Phi) is 4.72. The number of halogens is 1. The van der Waals surface area contributed by atoms with Gasteiger partial charge < -0.3 is 10.4 Å². The Balaban J connectivity index is 2.64. The van der Waals surface area contributed by atoms with E-state index in [1.54, 1.807) is 6.07 Å². The second-order valence-corrected chi connectivity index (χ2v) is 3.73. The Labute approximate surface area is 90.1 Å². The molecule has 0 fully saturated rings. The standard InChI is InChI=1S/C12H18FNO/c1-3-12(8-15)14-9(2)10-5-4-6-11(13)7-10/h4-7,9,12,14-15H,3,8H2,1-2H3/t9-,12+/m0/s1. The van der Waals surface area contributed by atoms with Crippen LogP contribution in [-0.4, -0.2) is 17.8 Å². The number of hydrogen-bond acceptors (Lipinski definition) is 2. The fourth-order valence-electron chi connectivity index (χ4n) is 1.53. The van der Waals surface area contributed by atoms with Gasteiger partial charge in [0.15, 0.2) is 0 Å². The number of nitrogens with one attached hydrogen (secondary N) is 1. The molecule has 15 heavy (non-hydrogen) atoms. The quantitative estimate of drug-likeness (QED) is 0.783. The highest BCUT2D eigenvalue weighted by molar-refractivity contribution is 5.19. The number of aliphatic hydroxyl groups is 1. The number of aliphatic hydroxyl groups excluding tert-OH is 1. The van der Waals surface area contributed by atoms with E-state index in [-0.39, 0.29) is 24.5 Å². The number of rotatable bonds is 5. The van der Waals surface area contributed by atoms with Crippen molar-refractivity contribution in [2.45, 2.75) is 32.4 Å². The molecule has 0 spiro atoms. The van der Waals surface area contributed by atoms with Gasteiger partial charge in [-0.05, 0) is 31.0 Å². The molecule has 0 unspecified atom stereocenters. The lowest BCUT2D eigenvalue weighted by atomic mass is 10.1. The molecule has 0 bridgehead atoms. The van der Waals surface area contributed by atoms with Crippen molar-refractivity contribution in [3.63, 3.8) is 0 Å². The minimum atomic E-state index is -0.224. The zero-order valence-electron chi connectivity index (χ0n) is 9.20. The van der Waals surface area contributed by atoms with Gasteiger partial charge in [0.05, 0.1) is 6.61 Å². The smallest absolute Gasteiger partial charge is 0.123 e. The van der Waals surface area contributed by atoms with Crippen LogP contribution in [0.15, 0.2) is 24.3 Å². The Morgan fingerprint density at radius 1 is 1.47 bits per heavy atom. The first-order chi connectivity index (χ1) is 7.17. The van der Waals surface area contributed by atoms with Crippen molar-refractivity contribution in [1.82, 2.24) is 5.32 Å². The molecule has 0 amide bonds. The average molecular weight is 211 g/mol. The first kappa shape index (κ1) is 12.1. The molecule has 0 saturated heterocycles. The molecule has 2 nitrogen and oxygen atoms in total. The second-order valence-electron chi connectivity index (χ2n) is 3.73. The molecule has 1 rings (SSSR count). The van der Waals surface area contributed by atoms with Crippen LogP contribution in [0, 0.1) is 5.82 Å². The first-order valence-electron chi connectivity index (χ1n) is 5.29. The molecule has 2 atom stereocenters. The molecular formula is C12H18FNO. The summed E-state index contributed by atoms with van der Waals surface area (Å²) in [4.78, 5) is 0. The minimum absolute atomic E-state index is 0.0535. The highest BCUT2D eigenvalue weighted by Gasteiger charge is 2.10. The maximum absolute atomic E-state index is 13.0. The molecule has 2 N–H and O–H groups in total. The summed E-state index contributed by atoms with van der Waals surface area (Å²) in [5, 5.41) is 12.3. The van der Waals surface area contributed by atoms with Crippen molar-refractivity contribution < 1.29 is 9.50 Å². The topological polar surface area (TPSA) is 32.3 Å².